The van der Waals surface area contributed by atoms with Crippen LogP contribution >= 0.6 is 11.6 Å². The molecule has 1 amide bonds. The molecule has 2 heterocycles. The first kappa shape index (κ1) is 27.1. The van der Waals surface area contributed by atoms with Crippen molar-refractivity contribution >= 4 is 39.9 Å². The third kappa shape index (κ3) is 7.06. The molecule has 2 aromatic carbocycles. The van der Waals surface area contributed by atoms with Crippen LogP contribution in [0.4, 0.5) is 11.5 Å². The molecule has 0 bridgehead atoms. The van der Waals surface area contributed by atoms with Gasteiger partial charge in [0.1, 0.15) is 43.0 Å². The lowest BCUT2D eigenvalue weighted by molar-refractivity contribution is -0.130. The van der Waals surface area contributed by atoms with Crippen LogP contribution < -0.4 is 20.1 Å². The van der Waals surface area contributed by atoms with Crippen LogP contribution in [-0.4, -0.2) is 56.4 Å². The van der Waals surface area contributed by atoms with Gasteiger partial charge in [-0.2, -0.15) is 0 Å². The van der Waals surface area contributed by atoms with E-state index in [0.29, 0.717) is 45.5 Å². The predicted molar refractivity (Wildman–Crippen MR) is 144 cm³/mol. The summed E-state index contributed by atoms with van der Waals surface area (Å²) in [7, 11) is 0. The topological polar surface area (TPSA) is 139 Å². The van der Waals surface area contributed by atoms with E-state index in [-0.39, 0.29) is 19.6 Å². The maximum Gasteiger partial charge on any atom is 0.249 e. The van der Waals surface area contributed by atoms with Crippen molar-refractivity contribution in [2.75, 3.05) is 18.5 Å². The fourth-order valence-electron chi connectivity index (χ4n) is 3.61. The first-order valence-electron chi connectivity index (χ1n) is 12.0. The second kappa shape index (κ2) is 13.0. The summed E-state index contributed by atoms with van der Waals surface area (Å²) in [5, 5.41) is 25.6. The number of halogens is 1. The van der Waals surface area contributed by atoms with E-state index in [9.17, 15) is 9.90 Å². The molecule has 2 aromatic heterocycles. The van der Waals surface area contributed by atoms with Crippen molar-refractivity contribution in [3.8, 4) is 11.5 Å². The Morgan fingerprint density at radius 1 is 1.05 bits per heavy atom. The number of carbonyl (C=O) groups excluding carboxylic acids is 1. The van der Waals surface area contributed by atoms with Crippen LogP contribution in [0.25, 0.3) is 10.9 Å². The number of aliphatic hydroxyl groups excluding tert-OH is 2. The molecule has 38 heavy (non-hydrogen) atoms. The number of carbonyl (C=O) groups is 1. The molecule has 0 saturated heterocycles. The zero-order valence-corrected chi connectivity index (χ0v) is 21.4. The third-order valence-electron chi connectivity index (χ3n) is 5.50. The Hall–Kier alpha value is -3.99. The zero-order valence-electron chi connectivity index (χ0n) is 20.7. The molecule has 10 nitrogen and oxygen atoms in total. The molecule has 0 unspecified atom stereocenters. The Morgan fingerprint density at radius 3 is 2.68 bits per heavy atom. The van der Waals surface area contributed by atoms with Gasteiger partial charge in [0.25, 0.3) is 0 Å². The maximum absolute atomic E-state index is 12.0. The highest BCUT2D eigenvalue weighted by molar-refractivity contribution is 6.32. The number of nitrogens with zero attached hydrogens (tertiary/aromatic N) is 3. The third-order valence-corrected chi connectivity index (χ3v) is 5.80. The van der Waals surface area contributed by atoms with E-state index >= 15 is 0 Å². The summed E-state index contributed by atoms with van der Waals surface area (Å²) >= 11 is 6.47. The summed E-state index contributed by atoms with van der Waals surface area (Å²) in [6.07, 6.45) is 1.85. The molecule has 0 aliphatic carbocycles. The second-order valence-electron chi connectivity index (χ2n) is 8.50. The molecule has 0 radical (unpaired) electrons. The van der Waals surface area contributed by atoms with Gasteiger partial charge in [-0.1, -0.05) is 23.7 Å². The summed E-state index contributed by atoms with van der Waals surface area (Å²) in [6.45, 7) is 1.91. The van der Waals surface area contributed by atoms with E-state index in [0.717, 1.165) is 5.69 Å². The Bertz CT molecular complexity index is 1370. The smallest absolute Gasteiger partial charge is 0.249 e. The number of nitrogens with one attached hydrogen (secondary N) is 2. The van der Waals surface area contributed by atoms with Crippen molar-refractivity contribution in [2.24, 2.45) is 0 Å². The number of hydrogen-bond donors (Lipinski definition) is 4. The number of amides is 1. The minimum Gasteiger partial charge on any atom is -0.491 e. The minimum atomic E-state index is -1.28. The van der Waals surface area contributed by atoms with Gasteiger partial charge < -0.3 is 30.3 Å². The molecule has 0 fully saturated rings. The predicted octanol–water partition coefficient (Wildman–Crippen LogP) is 3.63. The monoisotopic (exact) mass is 537 g/mol. The Balaban J connectivity index is 1.46. The van der Waals surface area contributed by atoms with E-state index in [1.807, 2.05) is 36.4 Å². The largest absolute Gasteiger partial charge is 0.491 e. The second-order valence-corrected chi connectivity index (χ2v) is 8.91. The molecule has 4 N–H and O–H groups in total. The van der Waals surface area contributed by atoms with Gasteiger partial charge in [0, 0.05) is 24.9 Å². The fraction of sp³-hybridized carbons (Fsp3) is 0.259. The Kier molecular flexibility index (Phi) is 9.26. The van der Waals surface area contributed by atoms with Crippen molar-refractivity contribution in [3.63, 3.8) is 0 Å². The van der Waals surface area contributed by atoms with Crippen LogP contribution in [0.2, 0.25) is 5.02 Å². The van der Waals surface area contributed by atoms with Crippen molar-refractivity contribution in [1.82, 2.24) is 20.3 Å². The lowest BCUT2D eigenvalue weighted by atomic mass is 10.2. The average Bonchev–Trinajstić information content (AvgIpc) is 2.92. The number of pyridine rings is 1. The highest BCUT2D eigenvalue weighted by Crippen LogP contribution is 2.34. The molecule has 4 aromatic rings. The van der Waals surface area contributed by atoms with E-state index in [1.165, 1.54) is 6.33 Å². The lowest BCUT2D eigenvalue weighted by Gasteiger charge is -2.18. The summed E-state index contributed by atoms with van der Waals surface area (Å²) in [5.74, 6) is 0.991. The van der Waals surface area contributed by atoms with Gasteiger partial charge in [0.15, 0.2) is 0 Å². The molecule has 2 atom stereocenters. The number of aliphatic hydroxyl groups is 2. The lowest BCUT2D eigenvalue weighted by Crippen LogP contribution is -2.42. The fourth-order valence-corrected chi connectivity index (χ4v) is 3.85. The van der Waals surface area contributed by atoms with Crippen LogP contribution in [0.1, 0.15) is 19.0 Å². The first-order chi connectivity index (χ1) is 18.4. The van der Waals surface area contributed by atoms with Crippen molar-refractivity contribution in [1.29, 1.82) is 0 Å². The number of hydrogen-bond acceptors (Lipinski definition) is 9. The summed E-state index contributed by atoms with van der Waals surface area (Å²) < 4.78 is 11.8. The SMILES string of the molecule is C[C@H](COc1cccc2ncnc(Nc3ccc(OCc4ccccn4)c(Cl)c3)c12)NC(=O)[C@H](O)CCO. The molecule has 198 valence electrons. The van der Waals surface area contributed by atoms with Gasteiger partial charge in [-0.05, 0) is 49.4 Å². The van der Waals surface area contributed by atoms with E-state index in [4.69, 9.17) is 26.2 Å². The van der Waals surface area contributed by atoms with Gasteiger partial charge in [-0.15, -0.1) is 0 Å². The Morgan fingerprint density at radius 2 is 1.92 bits per heavy atom. The number of aromatic nitrogens is 3. The molecule has 4 rings (SSSR count). The van der Waals surface area contributed by atoms with Gasteiger partial charge in [-0.25, -0.2) is 9.97 Å². The van der Waals surface area contributed by atoms with Crippen LogP contribution in [-0.2, 0) is 11.4 Å². The van der Waals surface area contributed by atoms with Gasteiger partial charge in [0.05, 0.1) is 27.7 Å². The number of benzene rings is 2. The van der Waals surface area contributed by atoms with Crippen molar-refractivity contribution < 1.29 is 24.5 Å². The molecule has 0 aliphatic heterocycles. The zero-order chi connectivity index (χ0) is 26.9. The summed E-state index contributed by atoms with van der Waals surface area (Å²) in [4.78, 5) is 25.0. The van der Waals surface area contributed by atoms with E-state index in [1.54, 1.807) is 31.3 Å². The van der Waals surface area contributed by atoms with Crippen LogP contribution in [0.5, 0.6) is 11.5 Å². The highest BCUT2D eigenvalue weighted by Gasteiger charge is 2.18. The molecular formula is C27H28ClN5O5. The van der Waals surface area contributed by atoms with Gasteiger partial charge in [-0.3, -0.25) is 9.78 Å². The van der Waals surface area contributed by atoms with Crippen LogP contribution in [0.15, 0.2) is 67.1 Å². The number of rotatable bonds is 12. The summed E-state index contributed by atoms with van der Waals surface area (Å²) in [5.41, 5.74) is 2.14. The first-order valence-corrected chi connectivity index (χ1v) is 12.4. The van der Waals surface area contributed by atoms with Crippen molar-refractivity contribution in [3.05, 3.63) is 77.8 Å². The highest BCUT2D eigenvalue weighted by atomic mass is 35.5. The molecular weight excluding hydrogens is 510 g/mol. The van der Waals surface area contributed by atoms with E-state index < -0.39 is 18.1 Å². The van der Waals surface area contributed by atoms with Gasteiger partial charge >= 0.3 is 0 Å². The normalized spacial score (nSPS) is 12.5. The van der Waals surface area contributed by atoms with Crippen LogP contribution in [0, 0.1) is 0 Å². The molecule has 0 aliphatic rings. The number of fused-ring (bicyclic) bond motifs is 1. The van der Waals surface area contributed by atoms with Gasteiger partial charge in [0.2, 0.25) is 5.91 Å². The average molecular weight is 538 g/mol. The maximum atomic E-state index is 12.0. The number of anilines is 2. The molecule has 11 heteroatoms. The van der Waals surface area contributed by atoms with Crippen LogP contribution in [0.3, 0.4) is 0 Å². The quantitative estimate of drug-likeness (QED) is 0.213. The Labute approximate surface area is 224 Å². The van der Waals surface area contributed by atoms with Crippen molar-refractivity contribution in [2.45, 2.75) is 32.1 Å². The standard InChI is InChI=1S/C27H28ClN5O5/c1-17(32-27(36)22(35)10-12-34)14-37-24-7-4-6-21-25(24)26(31-16-30-21)33-18-8-9-23(20(28)13-18)38-15-19-5-2-3-11-29-19/h2-9,11,13,16-17,22,34-35H,10,12,14-15H2,1H3,(H,32,36)(H,30,31,33)/t17-,22-/m1/s1. The summed E-state index contributed by atoms with van der Waals surface area (Å²) in [6, 6.07) is 16.0. The van der Waals surface area contributed by atoms with E-state index in [2.05, 4.69) is 25.6 Å². The number of ether oxygens (including phenoxy) is 2. The minimum absolute atomic E-state index is 0.0313. The molecule has 0 spiro atoms. The molecule has 0 saturated carbocycles.